The molecule has 5 rings (SSSR count). The van der Waals surface area contributed by atoms with E-state index < -0.39 is 0 Å². The summed E-state index contributed by atoms with van der Waals surface area (Å²) in [7, 11) is 0. The van der Waals surface area contributed by atoms with Crippen LogP contribution in [0.15, 0.2) is 59.4 Å². The molecule has 0 amide bonds. The summed E-state index contributed by atoms with van der Waals surface area (Å²) < 4.78 is 7.72. The Hall–Kier alpha value is -3.52. The third-order valence-corrected chi connectivity index (χ3v) is 7.12. The smallest absolute Gasteiger partial charge is 0.252 e. The number of hydrogen-bond donors (Lipinski definition) is 1. The molecule has 0 aliphatic heterocycles. The molecule has 8 heteroatoms. The van der Waals surface area contributed by atoms with Crippen molar-refractivity contribution in [2.24, 2.45) is 0 Å². The lowest BCUT2D eigenvalue weighted by Gasteiger charge is -2.31. The second-order valence-corrected chi connectivity index (χ2v) is 9.54. The first-order valence-corrected chi connectivity index (χ1v) is 13.0. The molecule has 0 radical (unpaired) electrons. The molecular formula is C28H34N6O2. The van der Waals surface area contributed by atoms with Crippen molar-refractivity contribution in [3.8, 4) is 5.75 Å². The molecule has 1 aliphatic carbocycles. The minimum atomic E-state index is -0.0741. The minimum absolute atomic E-state index is 0.0225. The fraction of sp³-hybridized carbons (Fsp3) is 0.429. The molecule has 1 atom stereocenters. The van der Waals surface area contributed by atoms with Gasteiger partial charge in [0.05, 0.1) is 18.7 Å². The second kappa shape index (κ2) is 11.0. The van der Waals surface area contributed by atoms with Crippen LogP contribution in [-0.4, -0.2) is 36.7 Å². The molecule has 0 bridgehead atoms. The number of benzene rings is 2. The Bertz CT molecular complexity index is 1340. The zero-order valence-corrected chi connectivity index (χ0v) is 21.1. The molecule has 0 spiro atoms. The Labute approximate surface area is 211 Å². The number of hydrogen-bond acceptors (Lipinski definition) is 6. The Morgan fingerprint density at radius 3 is 2.64 bits per heavy atom. The molecule has 1 fully saturated rings. The van der Waals surface area contributed by atoms with Gasteiger partial charge >= 0.3 is 0 Å². The van der Waals surface area contributed by atoms with Crippen LogP contribution >= 0.6 is 0 Å². The van der Waals surface area contributed by atoms with Gasteiger partial charge in [-0.2, -0.15) is 0 Å². The van der Waals surface area contributed by atoms with Crippen LogP contribution < -0.4 is 10.3 Å². The molecule has 0 saturated heterocycles. The topological polar surface area (TPSA) is 88.9 Å². The lowest BCUT2D eigenvalue weighted by atomic mass is 10.1. The van der Waals surface area contributed by atoms with Gasteiger partial charge in [0, 0.05) is 29.6 Å². The maximum atomic E-state index is 13.1. The molecule has 1 N–H and O–H groups in total. The van der Waals surface area contributed by atoms with E-state index in [4.69, 9.17) is 4.74 Å². The molecule has 2 aromatic heterocycles. The van der Waals surface area contributed by atoms with Crippen molar-refractivity contribution in [3.05, 3.63) is 81.9 Å². The highest BCUT2D eigenvalue weighted by molar-refractivity contribution is 5.80. The molecule has 36 heavy (non-hydrogen) atoms. The number of pyridine rings is 1. The number of nitrogens with zero attached hydrogens (tertiary/aromatic N) is 5. The van der Waals surface area contributed by atoms with Gasteiger partial charge in [-0.05, 0) is 66.4 Å². The molecule has 1 aliphatic rings. The van der Waals surface area contributed by atoms with Crippen LogP contribution in [0.3, 0.4) is 0 Å². The Morgan fingerprint density at radius 1 is 1.08 bits per heavy atom. The maximum Gasteiger partial charge on any atom is 0.252 e. The second-order valence-electron chi connectivity index (χ2n) is 9.54. The first kappa shape index (κ1) is 24.2. The van der Waals surface area contributed by atoms with Crippen LogP contribution in [-0.2, 0) is 13.1 Å². The number of fused-ring (bicyclic) bond motifs is 1. The first-order valence-electron chi connectivity index (χ1n) is 13.0. The van der Waals surface area contributed by atoms with Crippen LogP contribution in [0.2, 0.25) is 0 Å². The SMILES string of the molecule is CCOc1ccc2[nH]c(=O)c(CN(Cc3ccccc3)[C@@H](CC)c3nnnn3C3CCCC3)cc2c1. The number of ether oxygens (including phenoxy) is 1. The highest BCUT2D eigenvalue weighted by atomic mass is 16.5. The van der Waals surface area contributed by atoms with E-state index in [9.17, 15) is 4.79 Å². The van der Waals surface area contributed by atoms with Crippen molar-refractivity contribution in [1.29, 1.82) is 0 Å². The van der Waals surface area contributed by atoms with Crippen LogP contribution in [0, 0.1) is 0 Å². The van der Waals surface area contributed by atoms with Gasteiger partial charge in [0.1, 0.15) is 5.75 Å². The molecule has 4 aromatic rings. The van der Waals surface area contributed by atoms with E-state index in [0.29, 0.717) is 31.3 Å². The number of nitrogens with one attached hydrogen (secondary N) is 1. The van der Waals surface area contributed by atoms with Gasteiger partial charge in [-0.25, -0.2) is 4.68 Å². The molecule has 2 aromatic carbocycles. The fourth-order valence-corrected chi connectivity index (χ4v) is 5.35. The summed E-state index contributed by atoms with van der Waals surface area (Å²) in [6.07, 6.45) is 5.48. The van der Waals surface area contributed by atoms with Crippen molar-refractivity contribution in [1.82, 2.24) is 30.1 Å². The van der Waals surface area contributed by atoms with Crippen LogP contribution in [0.5, 0.6) is 5.75 Å². The normalized spacial score (nSPS) is 15.1. The maximum absolute atomic E-state index is 13.1. The van der Waals surface area contributed by atoms with Gasteiger partial charge in [0.25, 0.3) is 5.56 Å². The summed E-state index contributed by atoms with van der Waals surface area (Å²) in [4.78, 5) is 18.5. The summed E-state index contributed by atoms with van der Waals surface area (Å²) in [5, 5.41) is 13.9. The zero-order chi connectivity index (χ0) is 24.9. The summed E-state index contributed by atoms with van der Waals surface area (Å²) in [6.45, 7) is 5.90. The average molecular weight is 487 g/mol. The van der Waals surface area contributed by atoms with E-state index in [2.05, 4.69) is 56.6 Å². The number of aromatic amines is 1. The molecule has 188 valence electrons. The lowest BCUT2D eigenvalue weighted by Crippen LogP contribution is -2.32. The largest absolute Gasteiger partial charge is 0.494 e. The Balaban J connectivity index is 1.52. The summed E-state index contributed by atoms with van der Waals surface area (Å²) in [6, 6.07) is 18.5. The molecule has 2 heterocycles. The summed E-state index contributed by atoms with van der Waals surface area (Å²) in [5.41, 5.74) is 2.63. The van der Waals surface area contributed by atoms with E-state index >= 15 is 0 Å². The summed E-state index contributed by atoms with van der Waals surface area (Å²) >= 11 is 0. The van der Waals surface area contributed by atoms with Crippen molar-refractivity contribution in [3.63, 3.8) is 0 Å². The Kier molecular flexibility index (Phi) is 7.41. The van der Waals surface area contributed by atoms with Gasteiger partial charge in [-0.1, -0.05) is 50.1 Å². The Morgan fingerprint density at radius 2 is 1.89 bits per heavy atom. The average Bonchev–Trinajstić information content (AvgIpc) is 3.58. The summed E-state index contributed by atoms with van der Waals surface area (Å²) in [5.74, 6) is 1.68. The van der Waals surface area contributed by atoms with Crippen LogP contribution in [0.25, 0.3) is 10.9 Å². The quantitative estimate of drug-likeness (QED) is 0.332. The molecule has 1 saturated carbocycles. The van der Waals surface area contributed by atoms with E-state index in [-0.39, 0.29) is 11.6 Å². The van der Waals surface area contributed by atoms with Crippen LogP contribution in [0.1, 0.15) is 75.0 Å². The highest BCUT2D eigenvalue weighted by Gasteiger charge is 2.29. The third kappa shape index (κ3) is 5.18. The van der Waals surface area contributed by atoms with Gasteiger partial charge < -0.3 is 9.72 Å². The minimum Gasteiger partial charge on any atom is -0.494 e. The molecular weight excluding hydrogens is 452 g/mol. The van der Waals surface area contributed by atoms with E-state index in [1.807, 2.05) is 41.9 Å². The van der Waals surface area contributed by atoms with Gasteiger partial charge in [-0.15, -0.1) is 5.10 Å². The van der Waals surface area contributed by atoms with E-state index in [1.165, 1.54) is 18.4 Å². The monoisotopic (exact) mass is 486 g/mol. The number of H-pyrrole nitrogens is 1. The standard InChI is InChI=1S/C28H34N6O2/c1-3-26(27-30-31-32-34(27)23-12-8-9-13-23)33(18-20-10-6-5-7-11-20)19-22-16-21-17-24(36-4-2)14-15-25(21)29-28(22)35/h5-7,10-11,14-17,23,26H,3-4,8-9,12-13,18-19H2,1-2H3,(H,29,35)/t26-/m0/s1. The van der Waals surface area contributed by atoms with E-state index in [1.54, 1.807) is 0 Å². The van der Waals surface area contributed by atoms with Crippen LogP contribution in [0.4, 0.5) is 0 Å². The first-order chi connectivity index (χ1) is 17.7. The van der Waals surface area contributed by atoms with Gasteiger partial charge in [0.15, 0.2) is 5.82 Å². The number of tetrazole rings is 1. The molecule has 8 nitrogen and oxygen atoms in total. The molecule has 0 unspecified atom stereocenters. The van der Waals surface area contributed by atoms with E-state index in [0.717, 1.165) is 41.7 Å². The highest BCUT2D eigenvalue weighted by Crippen LogP contribution is 2.33. The van der Waals surface area contributed by atoms with Gasteiger partial charge in [-0.3, -0.25) is 9.69 Å². The van der Waals surface area contributed by atoms with Crippen molar-refractivity contribution in [2.75, 3.05) is 6.61 Å². The lowest BCUT2D eigenvalue weighted by molar-refractivity contribution is 0.158. The van der Waals surface area contributed by atoms with Crippen molar-refractivity contribution >= 4 is 10.9 Å². The number of aromatic nitrogens is 5. The third-order valence-electron chi connectivity index (χ3n) is 7.12. The predicted molar refractivity (Wildman–Crippen MR) is 140 cm³/mol. The van der Waals surface area contributed by atoms with Gasteiger partial charge in [0.2, 0.25) is 0 Å². The fourth-order valence-electron chi connectivity index (χ4n) is 5.35. The van der Waals surface area contributed by atoms with Crippen molar-refractivity contribution in [2.45, 2.75) is 71.1 Å². The van der Waals surface area contributed by atoms with Crippen molar-refractivity contribution < 1.29 is 4.74 Å². The number of rotatable bonds is 10. The zero-order valence-electron chi connectivity index (χ0n) is 21.1. The predicted octanol–water partition coefficient (Wildman–Crippen LogP) is 5.18.